The van der Waals surface area contributed by atoms with E-state index in [1.54, 1.807) is 26.8 Å². The topological polar surface area (TPSA) is 108 Å². The Labute approximate surface area is 148 Å². The smallest absolute Gasteiger partial charge is 0.414 e. The molecule has 3 N–H and O–H groups in total. The molecule has 25 heavy (non-hydrogen) atoms. The lowest BCUT2D eigenvalue weighted by Crippen LogP contribution is -2.37. The Morgan fingerprint density at radius 3 is 2.48 bits per heavy atom. The van der Waals surface area contributed by atoms with Gasteiger partial charge in [0.05, 0.1) is 0 Å². The van der Waals surface area contributed by atoms with Gasteiger partial charge in [-0.15, -0.1) is 0 Å². The van der Waals surface area contributed by atoms with E-state index in [4.69, 9.17) is 10.5 Å². The van der Waals surface area contributed by atoms with E-state index >= 15 is 0 Å². The van der Waals surface area contributed by atoms with E-state index in [-0.39, 0.29) is 25.2 Å². The van der Waals surface area contributed by atoms with Crippen molar-refractivity contribution in [3.8, 4) is 6.07 Å². The Morgan fingerprint density at radius 1 is 1.32 bits per heavy atom. The van der Waals surface area contributed by atoms with Gasteiger partial charge in [0.15, 0.2) is 0 Å². The van der Waals surface area contributed by atoms with E-state index in [1.807, 2.05) is 30.3 Å². The zero-order valence-electron chi connectivity index (χ0n) is 14.8. The van der Waals surface area contributed by atoms with Gasteiger partial charge in [-0.2, -0.15) is 5.26 Å². The second-order valence-corrected chi connectivity index (χ2v) is 6.29. The molecule has 0 aromatic heterocycles. The Balaban J connectivity index is 2.83. The predicted molar refractivity (Wildman–Crippen MR) is 94.0 cm³/mol. The molecule has 0 radical (unpaired) electrons. The third-order valence-electron chi connectivity index (χ3n) is 2.94. The second-order valence-electron chi connectivity index (χ2n) is 6.29. The van der Waals surface area contributed by atoms with Crippen LogP contribution in [-0.2, 0) is 16.1 Å². The van der Waals surface area contributed by atoms with Crippen molar-refractivity contribution in [2.75, 3.05) is 13.1 Å². The first-order chi connectivity index (χ1) is 11.8. The van der Waals surface area contributed by atoms with Crippen molar-refractivity contribution >= 4 is 12.0 Å². The summed E-state index contributed by atoms with van der Waals surface area (Å²) in [6, 6.07) is 11.1. The third kappa shape index (κ3) is 7.50. The van der Waals surface area contributed by atoms with Crippen molar-refractivity contribution in [1.29, 1.82) is 5.26 Å². The van der Waals surface area contributed by atoms with Gasteiger partial charge in [-0.05, 0) is 26.3 Å². The number of carbonyl (C=O) groups excluding carboxylic acids is 2. The first-order valence-electron chi connectivity index (χ1n) is 7.90. The summed E-state index contributed by atoms with van der Waals surface area (Å²) in [4.78, 5) is 25.5. The van der Waals surface area contributed by atoms with Crippen molar-refractivity contribution < 1.29 is 14.3 Å². The highest BCUT2D eigenvalue weighted by molar-refractivity contribution is 5.97. The van der Waals surface area contributed by atoms with Gasteiger partial charge >= 0.3 is 6.09 Å². The van der Waals surface area contributed by atoms with Crippen molar-refractivity contribution in [2.45, 2.75) is 32.9 Å². The van der Waals surface area contributed by atoms with Crippen molar-refractivity contribution in [3.05, 3.63) is 47.7 Å². The second kappa shape index (κ2) is 9.45. The minimum Gasteiger partial charge on any atom is -0.443 e. The minimum absolute atomic E-state index is 0.131. The van der Waals surface area contributed by atoms with E-state index < -0.39 is 17.6 Å². The molecule has 134 valence electrons. The van der Waals surface area contributed by atoms with Crippen LogP contribution in [0.4, 0.5) is 4.79 Å². The highest BCUT2D eigenvalue weighted by Crippen LogP contribution is 2.11. The molecule has 0 aliphatic carbocycles. The molecule has 0 heterocycles. The average Bonchev–Trinajstić information content (AvgIpc) is 2.55. The van der Waals surface area contributed by atoms with Crippen LogP contribution in [0.25, 0.3) is 0 Å². The van der Waals surface area contributed by atoms with Crippen LogP contribution in [0.1, 0.15) is 26.3 Å². The lowest BCUT2D eigenvalue weighted by Gasteiger charge is -2.25. The molecule has 1 aromatic rings. The Kier molecular flexibility index (Phi) is 7.63. The van der Waals surface area contributed by atoms with Gasteiger partial charge in [0.25, 0.3) is 5.91 Å². The standard InChI is InChI=1S/C18H24N4O3/c1-18(2,3)25-17(24)22(10-9-19)13-15(11-20)16(23)21-12-14-7-5-4-6-8-14/h4-8,13H,9-10,12,19H2,1-3H3,(H,21,23)/b15-13-. The number of hydrogen-bond donors (Lipinski definition) is 2. The molecular weight excluding hydrogens is 320 g/mol. The number of nitrogens with zero attached hydrogens (tertiary/aromatic N) is 2. The molecule has 2 amide bonds. The van der Waals surface area contributed by atoms with Crippen LogP contribution in [0.15, 0.2) is 42.1 Å². The van der Waals surface area contributed by atoms with Gasteiger partial charge in [-0.3, -0.25) is 9.69 Å². The van der Waals surface area contributed by atoms with Crippen molar-refractivity contribution in [2.24, 2.45) is 5.73 Å². The first kappa shape index (κ1) is 20.2. The lowest BCUT2D eigenvalue weighted by molar-refractivity contribution is -0.117. The number of amides is 2. The monoisotopic (exact) mass is 344 g/mol. The van der Waals surface area contributed by atoms with Gasteiger partial charge in [-0.25, -0.2) is 4.79 Å². The normalized spacial score (nSPS) is 11.4. The summed E-state index contributed by atoms with van der Waals surface area (Å²) in [6.45, 7) is 5.77. The van der Waals surface area contributed by atoms with Crippen LogP contribution < -0.4 is 11.1 Å². The van der Waals surface area contributed by atoms with Crippen molar-refractivity contribution in [3.63, 3.8) is 0 Å². The maximum atomic E-state index is 12.2. The zero-order chi connectivity index (χ0) is 18.9. The Hall–Kier alpha value is -2.85. The number of nitrogens with two attached hydrogens (primary N) is 1. The lowest BCUT2D eigenvalue weighted by atomic mass is 10.2. The molecule has 0 spiro atoms. The summed E-state index contributed by atoms with van der Waals surface area (Å²) < 4.78 is 5.25. The maximum absolute atomic E-state index is 12.2. The molecule has 0 unspecified atom stereocenters. The molecular formula is C18H24N4O3. The minimum atomic E-state index is -0.694. The largest absolute Gasteiger partial charge is 0.443 e. The fourth-order valence-electron chi connectivity index (χ4n) is 1.84. The molecule has 1 rings (SSSR count). The molecule has 0 saturated carbocycles. The fourth-order valence-corrected chi connectivity index (χ4v) is 1.84. The number of rotatable bonds is 6. The number of nitrogens with one attached hydrogen (secondary N) is 1. The van der Waals surface area contributed by atoms with Gasteiger partial charge in [-0.1, -0.05) is 30.3 Å². The molecule has 0 bridgehead atoms. The highest BCUT2D eigenvalue weighted by Gasteiger charge is 2.22. The number of benzene rings is 1. The van der Waals surface area contributed by atoms with E-state index in [9.17, 15) is 14.9 Å². The van der Waals surface area contributed by atoms with Gasteiger partial charge < -0.3 is 15.8 Å². The van der Waals surface area contributed by atoms with Gasteiger partial charge in [0.1, 0.15) is 17.2 Å². The molecule has 0 aliphatic heterocycles. The Morgan fingerprint density at radius 2 is 1.96 bits per heavy atom. The van der Waals surface area contributed by atoms with E-state index in [1.165, 1.54) is 6.20 Å². The van der Waals surface area contributed by atoms with Crippen LogP contribution in [-0.4, -0.2) is 35.6 Å². The summed E-state index contributed by atoms with van der Waals surface area (Å²) in [5.41, 5.74) is 5.51. The summed E-state index contributed by atoms with van der Waals surface area (Å²) in [7, 11) is 0. The third-order valence-corrected chi connectivity index (χ3v) is 2.94. The van der Waals surface area contributed by atoms with Crippen LogP contribution in [0.3, 0.4) is 0 Å². The quantitative estimate of drug-likeness (QED) is 0.605. The predicted octanol–water partition coefficient (Wildman–Crippen LogP) is 1.91. The van der Waals surface area contributed by atoms with Crippen molar-refractivity contribution in [1.82, 2.24) is 10.2 Å². The first-order valence-corrected chi connectivity index (χ1v) is 7.90. The fraction of sp³-hybridized carbons (Fsp3) is 0.389. The Bertz CT molecular complexity index is 657. The molecule has 0 aliphatic rings. The maximum Gasteiger partial charge on any atom is 0.414 e. The number of hydrogen-bond acceptors (Lipinski definition) is 5. The summed E-state index contributed by atoms with van der Waals surface area (Å²) in [5, 5.41) is 11.9. The highest BCUT2D eigenvalue weighted by atomic mass is 16.6. The van der Waals surface area contributed by atoms with Gasteiger partial charge in [0.2, 0.25) is 0 Å². The van der Waals surface area contributed by atoms with Crippen LogP contribution in [0.5, 0.6) is 0 Å². The van der Waals surface area contributed by atoms with E-state index in [2.05, 4.69) is 5.32 Å². The van der Waals surface area contributed by atoms with Gasteiger partial charge in [0, 0.05) is 25.8 Å². The number of ether oxygens (including phenoxy) is 1. The average molecular weight is 344 g/mol. The van der Waals surface area contributed by atoms with E-state index in [0.29, 0.717) is 0 Å². The summed E-state index contributed by atoms with van der Waals surface area (Å²) in [5.74, 6) is -0.572. The van der Waals surface area contributed by atoms with Crippen LogP contribution >= 0.6 is 0 Å². The zero-order valence-corrected chi connectivity index (χ0v) is 14.8. The number of carbonyl (C=O) groups is 2. The molecule has 0 atom stereocenters. The summed E-state index contributed by atoms with van der Waals surface area (Å²) >= 11 is 0. The SMILES string of the molecule is CC(C)(C)OC(=O)N(/C=C(/C#N)C(=O)NCc1ccccc1)CCN. The number of nitriles is 1. The molecule has 7 heteroatoms. The molecule has 0 saturated heterocycles. The summed E-state index contributed by atoms with van der Waals surface area (Å²) in [6.07, 6.45) is 0.503. The van der Waals surface area contributed by atoms with Crippen LogP contribution in [0, 0.1) is 11.3 Å². The molecule has 1 aromatic carbocycles. The van der Waals surface area contributed by atoms with Crippen LogP contribution in [0.2, 0.25) is 0 Å². The van der Waals surface area contributed by atoms with E-state index in [0.717, 1.165) is 10.5 Å². The molecule has 0 fully saturated rings. The molecule has 7 nitrogen and oxygen atoms in total.